The van der Waals surface area contributed by atoms with Crippen LogP contribution in [-0.2, 0) is 4.79 Å². The number of anilines is 2. The van der Waals surface area contributed by atoms with Crippen molar-refractivity contribution in [2.75, 3.05) is 29.9 Å². The number of nitrogens with zero attached hydrogens (tertiary/aromatic N) is 3. The number of carbonyl (C=O) groups is 1. The number of aromatic nitrogens is 2. The van der Waals surface area contributed by atoms with Crippen molar-refractivity contribution in [3.8, 4) is 0 Å². The quantitative estimate of drug-likeness (QED) is 0.824. The van der Waals surface area contributed by atoms with Gasteiger partial charge in [-0.3, -0.25) is 4.79 Å². The summed E-state index contributed by atoms with van der Waals surface area (Å²) in [7, 11) is 0. The number of Topliss-reactive ketones (excluding diaryl/α,β-unsaturated/α-hetero) is 1. The van der Waals surface area contributed by atoms with Crippen LogP contribution in [0, 0.1) is 6.92 Å². The molecule has 104 valence electrons. The Morgan fingerprint density at radius 3 is 2.74 bits per heavy atom. The largest absolute Gasteiger partial charge is 0.370 e. The fourth-order valence-corrected chi connectivity index (χ4v) is 2.18. The average Bonchev–Trinajstić information content (AvgIpc) is 2.39. The van der Waals surface area contributed by atoms with E-state index in [1.165, 1.54) is 0 Å². The van der Waals surface area contributed by atoms with E-state index in [4.69, 9.17) is 0 Å². The Morgan fingerprint density at radius 2 is 2.05 bits per heavy atom. The molecule has 0 saturated carbocycles. The van der Waals surface area contributed by atoms with Gasteiger partial charge < -0.3 is 10.2 Å². The van der Waals surface area contributed by atoms with Crippen LogP contribution < -0.4 is 10.2 Å². The molecule has 0 spiro atoms. The van der Waals surface area contributed by atoms with Gasteiger partial charge in [-0.1, -0.05) is 13.3 Å². The minimum Gasteiger partial charge on any atom is -0.370 e. The van der Waals surface area contributed by atoms with E-state index in [1.807, 2.05) is 13.0 Å². The van der Waals surface area contributed by atoms with Crippen molar-refractivity contribution in [1.82, 2.24) is 9.97 Å². The first-order chi connectivity index (χ1) is 9.19. The third-order valence-corrected chi connectivity index (χ3v) is 3.31. The lowest BCUT2D eigenvalue weighted by atomic mass is 10.1. The molecule has 0 aromatic carbocycles. The number of hydrogen-bond donors (Lipinski definition) is 1. The predicted molar refractivity (Wildman–Crippen MR) is 76.6 cm³/mol. The molecule has 0 aliphatic carbocycles. The van der Waals surface area contributed by atoms with Crippen LogP contribution in [-0.4, -0.2) is 35.4 Å². The Bertz CT molecular complexity index is 437. The van der Waals surface area contributed by atoms with Crippen molar-refractivity contribution in [2.24, 2.45) is 0 Å². The molecule has 2 rings (SSSR count). The zero-order valence-corrected chi connectivity index (χ0v) is 11.8. The molecule has 1 aliphatic rings. The molecule has 0 atom stereocenters. The third-order valence-electron chi connectivity index (χ3n) is 3.31. The maximum atomic E-state index is 11.3. The Labute approximate surface area is 114 Å². The molecule has 5 nitrogen and oxygen atoms in total. The van der Waals surface area contributed by atoms with E-state index in [0.29, 0.717) is 18.6 Å². The van der Waals surface area contributed by atoms with Crippen LogP contribution in [0.1, 0.15) is 38.4 Å². The second-order valence-corrected chi connectivity index (χ2v) is 4.96. The highest BCUT2D eigenvalue weighted by Crippen LogP contribution is 2.19. The van der Waals surface area contributed by atoms with Crippen molar-refractivity contribution >= 4 is 17.4 Å². The fourth-order valence-electron chi connectivity index (χ4n) is 2.18. The zero-order chi connectivity index (χ0) is 13.7. The minimum atomic E-state index is 0.350. The van der Waals surface area contributed by atoms with Crippen LogP contribution in [0.4, 0.5) is 11.6 Å². The predicted octanol–water partition coefficient (Wildman–Crippen LogP) is 2.17. The van der Waals surface area contributed by atoms with Gasteiger partial charge in [0.05, 0.1) is 0 Å². The smallest absolute Gasteiger partial charge is 0.136 e. The van der Waals surface area contributed by atoms with Gasteiger partial charge in [-0.15, -0.1) is 0 Å². The highest BCUT2D eigenvalue weighted by molar-refractivity contribution is 5.80. The zero-order valence-electron chi connectivity index (χ0n) is 11.8. The van der Waals surface area contributed by atoms with Gasteiger partial charge in [-0.2, -0.15) is 0 Å². The molecule has 19 heavy (non-hydrogen) atoms. The summed E-state index contributed by atoms with van der Waals surface area (Å²) in [5.74, 6) is 2.93. The Kier molecular flexibility index (Phi) is 4.71. The molecule has 5 heteroatoms. The Hall–Kier alpha value is -1.65. The molecule has 0 amide bonds. The van der Waals surface area contributed by atoms with Crippen molar-refractivity contribution in [1.29, 1.82) is 0 Å². The normalized spacial score (nSPS) is 15.7. The number of rotatable bonds is 5. The van der Waals surface area contributed by atoms with Crippen molar-refractivity contribution < 1.29 is 4.79 Å². The van der Waals surface area contributed by atoms with Crippen molar-refractivity contribution in [2.45, 2.75) is 39.5 Å². The van der Waals surface area contributed by atoms with Crippen LogP contribution in [0.25, 0.3) is 0 Å². The van der Waals surface area contributed by atoms with Crippen molar-refractivity contribution in [3.63, 3.8) is 0 Å². The number of aryl methyl sites for hydroxylation is 1. The van der Waals surface area contributed by atoms with Gasteiger partial charge in [0, 0.05) is 38.5 Å². The molecule has 2 heterocycles. The molecule has 1 aromatic heterocycles. The summed E-state index contributed by atoms with van der Waals surface area (Å²) >= 11 is 0. The number of unbranched alkanes of at least 4 members (excludes halogenated alkanes) is 1. The first kappa shape index (κ1) is 13.8. The first-order valence-corrected chi connectivity index (χ1v) is 7.05. The van der Waals surface area contributed by atoms with E-state index in [9.17, 15) is 4.79 Å². The van der Waals surface area contributed by atoms with Crippen LogP contribution in [0.2, 0.25) is 0 Å². The van der Waals surface area contributed by atoms with Gasteiger partial charge >= 0.3 is 0 Å². The number of carbonyl (C=O) groups excluding carboxylic acids is 1. The highest BCUT2D eigenvalue weighted by atomic mass is 16.1. The van der Waals surface area contributed by atoms with E-state index < -0.39 is 0 Å². The second-order valence-electron chi connectivity index (χ2n) is 4.96. The van der Waals surface area contributed by atoms with Gasteiger partial charge in [-0.25, -0.2) is 9.97 Å². The van der Waals surface area contributed by atoms with Gasteiger partial charge in [0.1, 0.15) is 23.2 Å². The lowest BCUT2D eigenvalue weighted by Gasteiger charge is -2.27. The summed E-state index contributed by atoms with van der Waals surface area (Å²) in [5, 5.41) is 3.33. The molecular weight excluding hydrogens is 240 g/mol. The maximum absolute atomic E-state index is 11.3. The number of nitrogens with one attached hydrogen (secondary N) is 1. The topological polar surface area (TPSA) is 58.1 Å². The summed E-state index contributed by atoms with van der Waals surface area (Å²) in [6, 6.07) is 1.98. The highest BCUT2D eigenvalue weighted by Gasteiger charge is 2.18. The molecule has 1 N–H and O–H groups in total. The lowest BCUT2D eigenvalue weighted by molar-refractivity contribution is -0.119. The summed E-state index contributed by atoms with van der Waals surface area (Å²) < 4.78 is 0. The summed E-state index contributed by atoms with van der Waals surface area (Å²) in [6.07, 6.45) is 3.55. The van der Waals surface area contributed by atoms with E-state index in [0.717, 1.165) is 49.9 Å². The fraction of sp³-hybridized carbons (Fsp3) is 0.643. The maximum Gasteiger partial charge on any atom is 0.136 e. The average molecular weight is 262 g/mol. The molecule has 1 aliphatic heterocycles. The molecule has 1 saturated heterocycles. The second kappa shape index (κ2) is 6.50. The molecule has 0 radical (unpaired) electrons. The summed E-state index contributed by atoms with van der Waals surface area (Å²) in [4.78, 5) is 22.3. The Morgan fingerprint density at radius 1 is 1.32 bits per heavy atom. The monoisotopic (exact) mass is 262 g/mol. The molecule has 1 aromatic rings. The van der Waals surface area contributed by atoms with E-state index in [2.05, 4.69) is 27.1 Å². The van der Waals surface area contributed by atoms with Crippen molar-refractivity contribution in [3.05, 3.63) is 11.9 Å². The van der Waals surface area contributed by atoms with Crippen LogP contribution in [0.15, 0.2) is 6.07 Å². The Balaban J connectivity index is 2.05. The standard InChI is InChI=1S/C14H22N4O/c1-3-4-7-15-13-10-14(17-11(2)16-13)18-8-5-12(19)6-9-18/h10H,3-9H2,1-2H3,(H,15,16,17). The molecule has 0 bridgehead atoms. The molecule has 0 unspecified atom stereocenters. The van der Waals surface area contributed by atoms with Crippen LogP contribution in [0.5, 0.6) is 0 Å². The lowest BCUT2D eigenvalue weighted by Crippen LogP contribution is -2.34. The minimum absolute atomic E-state index is 0.350. The van der Waals surface area contributed by atoms with Gasteiger partial charge in [0.25, 0.3) is 0 Å². The molecular formula is C14H22N4O. The van der Waals surface area contributed by atoms with E-state index in [-0.39, 0.29) is 0 Å². The first-order valence-electron chi connectivity index (χ1n) is 7.05. The van der Waals surface area contributed by atoms with Gasteiger partial charge in [-0.05, 0) is 13.3 Å². The van der Waals surface area contributed by atoms with Gasteiger partial charge in [0.15, 0.2) is 0 Å². The van der Waals surface area contributed by atoms with Crippen LogP contribution >= 0.6 is 0 Å². The SMILES string of the molecule is CCCCNc1cc(N2CCC(=O)CC2)nc(C)n1. The van der Waals surface area contributed by atoms with E-state index >= 15 is 0 Å². The summed E-state index contributed by atoms with van der Waals surface area (Å²) in [5.41, 5.74) is 0. The summed E-state index contributed by atoms with van der Waals surface area (Å²) in [6.45, 7) is 6.55. The molecule has 1 fully saturated rings. The van der Waals surface area contributed by atoms with Gasteiger partial charge in [0.2, 0.25) is 0 Å². The van der Waals surface area contributed by atoms with E-state index in [1.54, 1.807) is 0 Å². The number of piperidine rings is 1. The number of hydrogen-bond acceptors (Lipinski definition) is 5. The van der Waals surface area contributed by atoms with Crippen LogP contribution in [0.3, 0.4) is 0 Å². The number of ketones is 1. The third kappa shape index (κ3) is 3.91.